The van der Waals surface area contributed by atoms with Crippen LogP contribution in [0.5, 0.6) is 0 Å². The van der Waals surface area contributed by atoms with E-state index in [1.165, 1.54) is 31.0 Å². The first-order valence-corrected chi connectivity index (χ1v) is 11.6. The van der Waals surface area contributed by atoms with Crippen LogP contribution < -0.4 is 0 Å². The lowest BCUT2D eigenvalue weighted by Crippen LogP contribution is -2.22. The van der Waals surface area contributed by atoms with Crippen molar-refractivity contribution in [1.82, 2.24) is 0 Å². The van der Waals surface area contributed by atoms with Crippen molar-refractivity contribution >= 4 is 23.5 Å². The molecule has 0 saturated heterocycles. The van der Waals surface area contributed by atoms with Crippen molar-refractivity contribution in [2.45, 2.75) is 62.0 Å². The van der Waals surface area contributed by atoms with Crippen LogP contribution in [0, 0.1) is 22.6 Å². The molecule has 0 aliphatic heterocycles. The fourth-order valence-electron chi connectivity index (χ4n) is 3.91. The summed E-state index contributed by atoms with van der Waals surface area (Å²) in [6.45, 7) is 0. The minimum absolute atomic E-state index is 0.0627. The van der Waals surface area contributed by atoms with Crippen molar-refractivity contribution in [2.24, 2.45) is 17.0 Å². The van der Waals surface area contributed by atoms with Gasteiger partial charge in [0.05, 0.1) is 13.2 Å². The van der Waals surface area contributed by atoms with E-state index in [2.05, 4.69) is 9.91 Å². The van der Waals surface area contributed by atoms with Crippen molar-refractivity contribution in [3.8, 4) is 0 Å². The molecule has 1 N–H and O–H groups in total. The molecule has 0 radical (unpaired) electrons. The number of hydrogen-bond acceptors (Lipinski definition) is 7. The molecule has 0 heterocycles. The third-order valence-corrected chi connectivity index (χ3v) is 6.77. The number of rotatable bonds is 13. The molecule has 0 bridgehead atoms. The van der Waals surface area contributed by atoms with Crippen LogP contribution in [0.2, 0.25) is 0 Å². The lowest BCUT2D eigenvalue weighted by molar-refractivity contribution is -0.140. The number of halogens is 1. The minimum Gasteiger partial charge on any atom is -0.469 e. The molecule has 6 nitrogen and oxygen atoms in total. The molecule has 1 aromatic rings. The third kappa shape index (κ3) is 8.53. The van der Waals surface area contributed by atoms with Gasteiger partial charge in [-0.1, -0.05) is 17.3 Å². The molecule has 1 aromatic carbocycles. The van der Waals surface area contributed by atoms with Crippen molar-refractivity contribution in [3.05, 3.63) is 47.1 Å². The summed E-state index contributed by atoms with van der Waals surface area (Å²) in [5, 5.41) is 13.5. The molecular weight excluding hydrogens is 421 g/mol. The summed E-state index contributed by atoms with van der Waals surface area (Å²) in [4.78, 5) is 35.6. The minimum atomic E-state index is -0.586. The molecular formula is C23H30FNO5S. The van der Waals surface area contributed by atoms with Crippen LogP contribution in [0.3, 0.4) is 0 Å². The number of esters is 1. The first-order valence-electron chi connectivity index (χ1n) is 10.6. The van der Waals surface area contributed by atoms with Gasteiger partial charge in [-0.15, -0.1) is 11.8 Å². The number of ether oxygens (including phenoxy) is 1. The van der Waals surface area contributed by atoms with E-state index in [4.69, 9.17) is 0 Å². The number of aliphatic hydroxyl groups excluding tert-OH is 1. The number of benzene rings is 1. The molecule has 2 rings (SSSR count). The van der Waals surface area contributed by atoms with Gasteiger partial charge >= 0.3 is 5.97 Å². The summed E-state index contributed by atoms with van der Waals surface area (Å²) in [6.07, 6.45) is 6.69. The zero-order chi connectivity index (χ0) is 22.6. The predicted molar refractivity (Wildman–Crippen MR) is 118 cm³/mol. The van der Waals surface area contributed by atoms with Crippen LogP contribution in [0.15, 0.2) is 46.5 Å². The number of allylic oxidation sites excluding steroid dienone is 2. The molecule has 1 unspecified atom stereocenters. The highest BCUT2D eigenvalue weighted by molar-refractivity contribution is 7.99. The molecule has 1 saturated carbocycles. The summed E-state index contributed by atoms with van der Waals surface area (Å²) in [5.41, 5.74) is 0. The average Bonchev–Trinajstić information content (AvgIpc) is 3.08. The largest absolute Gasteiger partial charge is 0.469 e. The van der Waals surface area contributed by atoms with Crippen molar-refractivity contribution < 1.29 is 23.8 Å². The lowest BCUT2D eigenvalue weighted by Gasteiger charge is -2.21. The van der Waals surface area contributed by atoms with Crippen LogP contribution in [-0.4, -0.2) is 41.9 Å². The molecule has 8 heteroatoms. The molecule has 0 amide bonds. The highest BCUT2D eigenvalue weighted by Gasteiger charge is 2.42. The molecule has 31 heavy (non-hydrogen) atoms. The fourth-order valence-corrected chi connectivity index (χ4v) is 4.79. The molecule has 4 atom stereocenters. The van der Waals surface area contributed by atoms with Gasteiger partial charge in [-0.3, -0.25) is 9.59 Å². The van der Waals surface area contributed by atoms with Gasteiger partial charge in [0.25, 0.3) is 0 Å². The Morgan fingerprint density at radius 3 is 2.68 bits per heavy atom. The van der Waals surface area contributed by atoms with Gasteiger partial charge in [-0.05, 0) is 62.3 Å². The van der Waals surface area contributed by atoms with Gasteiger partial charge in [0.15, 0.2) is 0 Å². The summed E-state index contributed by atoms with van der Waals surface area (Å²) >= 11 is 1.44. The van der Waals surface area contributed by atoms with Crippen LogP contribution in [0.25, 0.3) is 0 Å². The van der Waals surface area contributed by atoms with Crippen LogP contribution in [-0.2, 0) is 14.3 Å². The van der Waals surface area contributed by atoms with Crippen molar-refractivity contribution in [1.29, 1.82) is 0 Å². The number of aliphatic hydroxyl groups is 1. The maximum Gasteiger partial charge on any atom is 0.305 e. The monoisotopic (exact) mass is 451 g/mol. The molecule has 0 aromatic heterocycles. The van der Waals surface area contributed by atoms with E-state index in [9.17, 15) is 24.0 Å². The zero-order valence-corrected chi connectivity index (χ0v) is 18.6. The number of carbonyl (C=O) groups excluding carboxylic acids is 2. The normalized spacial score (nSPS) is 22.0. The van der Waals surface area contributed by atoms with E-state index in [0.717, 1.165) is 4.90 Å². The summed E-state index contributed by atoms with van der Waals surface area (Å²) in [6, 6.07) is 5.58. The zero-order valence-electron chi connectivity index (χ0n) is 17.7. The highest BCUT2D eigenvalue weighted by atomic mass is 32.2. The van der Waals surface area contributed by atoms with E-state index < -0.39 is 12.1 Å². The second kappa shape index (κ2) is 13.4. The number of hydrogen-bond donors (Lipinski definition) is 1. The number of nitrogens with zero attached hydrogens (tertiary/aromatic N) is 1. The Morgan fingerprint density at radius 1 is 1.29 bits per heavy atom. The van der Waals surface area contributed by atoms with E-state index in [-0.39, 0.29) is 35.8 Å². The number of thioether (sulfide) groups is 1. The summed E-state index contributed by atoms with van der Waals surface area (Å²) in [7, 11) is 1.35. The number of Topliss-reactive ketones (excluding diaryl/α,β-unsaturated/α-hetero) is 1. The Balaban J connectivity index is 1.79. The lowest BCUT2D eigenvalue weighted by atomic mass is 9.85. The standard InChI is InChI=1S/C23H30FNO5S/c1-30-23(28)7-5-3-2-4-6-20-19(21(25-29)14-22(20)27)13-10-17(26)15-31-18-11-8-16(24)9-12-18/h2-3,8-9,11-12,17,19-21,26H,4-7,10,13-15H2,1H3/b3-2-/t17-,19-,20-,21?/m1/s1. The fraction of sp³-hybridized carbons (Fsp3) is 0.565. The van der Waals surface area contributed by atoms with Crippen molar-refractivity contribution in [2.75, 3.05) is 12.9 Å². The highest BCUT2D eigenvalue weighted by Crippen LogP contribution is 2.38. The molecule has 1 fully saturated rings. The van der Waals surface area contributed by atoms with Crippen LogP contribution in [0.4, 0.5) is 4.39 Å². The Labute approximate surface area is 186 Å². The van der Waals surface area contributed by atoms with E-state index in [1.54, 1.807) is 12.1 Å². The van der Waals surface area contributed by atoms with E-state index in [1.807, 2.05) is 12.2 Å². The first-order chi connectivity index (χ1) is 14.9. The van der Waals surface area contributed by atoms with Crippen LogP contribution >= 0.6 is 11.8 Å². The van der Waals surface area contributed by atoms with Gasteiger partial charge in [0.1, 0.15) is 17.6 Å². The van der Waals surface area contributed by atoms with Gasteiger partial charge in [-0.2, -0.15) is 4.91 Å². The summed E-state index contributed by atoms with van der Waals surface area (Å²) < 4.78 is 17.6. The Morgan fingerprint density at radius 2 is 2.00 bits per heavy atom. The second-order valence-corrected chi connectivity index (χ2v) is 8.87. The molecule has 1 aliphatic rings. The Hall–Kier alpha value is -2.06. The van der Waals surface area contributed by atoms with Gasteiger partial charge < -0.3 is 9.84 Å². The van der Waals surface area contributed by atoms with Crippen LogP contribution in [0.1, 0.15) is 44.9 Å². The maximum absolute atomic E-state index is 13.0. The van der Waals surface area contributed by atoms with Gasteiger partial charge in [-0.25, -0.2) is 4.39 Å². The third-order valence-electron chi connectivity index (χ3n) is 5.61. The van der Waals surface area contributed by atoms with Gasteiger partial charge in [0, 0.05) is 29.4 Å². The maximum atomic E-state index is 13.0. The predicted octanol–water partition coefficient (Wildman–Crippen LogP) is 4.69. The molecule has 1 aliphatic carbocycles. The topological polar surface area (TPSA) is 93.0 Å². The van der Waals surface area contributed by atoms with E-state index in [0.29, 0.717) is 44.3 Å². The smallest absolute Gasteiger partial charge is 0.305 e. The molecule has 0 spiro atoms. The number of ketones is 1. The Kier molecular flexibility index (Phi) is 10.9. The number of nitroso groups, excluding NO2 is 1. The van der Waals surface area contributed by atoms with E-state index >= 15 is 0 Å². The average molecular weight is 452 g/mol. The number of carbonyl (C=O) groups is 2. The quantitative estimate of drug-likeness (QED) is 0.202. The van der Waals surface area contributed by atoms with Gasteiger partial charge in [0.2, 0.25) is 0 Å². The Bertz CT molecular complexity index is 755. The second-order valence-electron chi connectivity index (χ2n) is 7.77. The van der Waals surface area contributed by atoms with Crippen molar-refractivity contribution in [3.63, 3.8) is 0 Å². The molecule has 170 valence electrons. The first kappa shape index (κ1) is 25.2. The number of methoxy groups -OCH3 is 1. The SMILES string of the molecule is COC(=O)CC/C=C\CC[C@H]1C(=O)CC(N=O)[C@@H]1CC[C@@H](O)CSc1ccc(F)cc1. The summed E-state index contributed by atoms with van der Waals surface area (Å²) in [5.74, 6) is -0.421.